The van der Waals surface area contributed by atoms with Crippen LogP contribution >= 0.6 is 0 Å². The van der Waals surface area contributed by atoms with Crippen LogP contribution in [0.1, 0.15) is 35.4 Å². The van der Waals surface area contributed by atoms with Gasteiger partial charge in [0, 0.05) is 13.7 Å². The smallest absolute Gasteiger partial charge is 0.318 e. The molecule has 0 saturated carbocycles. The highest BCUT2D eigenvalue weighted by Crippen LogP contribution is 2.35. The van der Waals surface area contributed by atoms with Gasteiger partial charge in [-0.2, -0.15) is 0 Å². The minimum absolute atomic E-state index is 0.0249. The number of amides is 2. The summed E-state index contributed by atoms with van der Waals surface area (Å²) < 4.78 is 10.6. The molecule has 0 saturated heterocycles. The maximum absolute atomic E-state index is 12.9. The topological polar surface area (TPSA) is 74.9 Å². The van der Waals surface area contributed by atoms with Crippen molar-refractivity contribution < 1.29 is 19.1 Å². The molecule has 2 amide bonds. The van der Waals surface area contributed by atoms with E-state index < -0.39 is 0 Å². The largest absolute Gasteiger partial charge is 0.467 e. The number of carbonyl (C=O) groups excluding carboxylic acids is 1. The summed E-state index contributed by atoms with van der Waals surface area (Å²) in [5, 5.41) is 12.4. The van der Waals surface area contributed by atoms with E-state index in [1.807, 2.05) is 18.2 Å². The summed E-state index contributed by atoms with van der Waals surface area (Å²) in [6, 6.07) is 11.1. The molecule has 1 heterocycles. The first kappa shape index (κ1) is 17.5. The Morgan fingerprint density at radius 3 is 2.96 bits per heavy atom. The van der Waals surface area contributed by atoms with Crippen LogP contribution in [-0.2, 0) is 11.2 Å². The van der Waals surface area contributed by atoms with Crippen molar-refractivity contribution in [2.75, 3.05) is 26.9 Å². The minimum atomic E-state index is -0.370. The number of aliphatic hydroxyl groups excluding tert-OH is 1. The summed E-state index contributed by atoms with van der Waals surface area (Å²) >= 11 is 0. The molecule has 0 bridgehead atoms. The molecule has 25 heavy (non-hydrogen) atoms. The Morgan fingerprint density at radius 2 is 2.24 bits per heavy atom. The minimum Gasteiger partial charge on any atom is -0.467 e. The molecule has 1 aromatic carbocycles. The van der Waals surface area contributed by atoms with Gasteiger partial charge < -0.3 is 24.5 Å². The molecule has 6 heteroatoms. The van der Waals surface area contributed by atoms with Gasteiger partial charge in [-0.1, -0.05) is 24.3 Å². The van der Waals surface area contributed by atoms with Crippen molar-refractivity contribution in [2.24, 2.45) is 0 Å². The number of methoxy groups -OCH3 is 1. The molecular weight excluding hydrogens is 320 g/mol. The molecule has 1 aromatic heterocycles. The van der Waals surface area contributed by atoms with Crippen LogP contribution in [-0.4, -0.2) is 42.9 Å². The molecule has 3 rings (SSSR count). The van der Waals surface area contributed by atoms with Crippen LogP contribution < -0.4 is 5.32 Å². The molecule has 1 aliphatic rings. The van der Waals surface area contributed by atoms with E-state index in [0.29, 0.717) is 12.4 Å². The predicted octanol–water partition coefficient (Wildman–Crippen LogP) is 2.66. The molecule has 2 atom stereocenters. The maximum atomic E-state index is 12.9. The molecular formula is C19H24N2O4. The second-order valence-electron chi connectivity index (χ2n) is 6.14. The van der Waals surface area contributed by atoms with Gasteiger partial charge in [0.15, 0.2) is 0 Å². The number of hydrogen-bond donors (Lipinski definition) is 2. The second kappa shape index (κ2) is 8.18. The van der Waals surface area contributed by atoms with Crippen molar-refractivity contribution in [2.45, 2.75) is 24.9 Å². The molecule has 0 spiro atoms. The number of aryl methyl sites for hydroxylation is 1. The fourth-order valence-corrected chi connectivity index (χ4v) is 3.45. The molecule has 134 valence electrons. The number of rotatable bonds is 7. The normalized spacial score (nSPS) is 17.1. The van der Waals surface area contributed by atoms with E-state index in [4.69, 9.17) is 9.15 Å². The standard InChI is InChI=1S/C19H24N2O4/c1-24-13-16(18-7-4-12-25-18)20-19(23)21(10-11-22)17-9-8-14-5-2-3-6-15(14)17/h2-7,12,16-17,22H,8-11,13H2,1H3,(H,20,23). The third kappa shape index (κ3) is 3.86. The summed E-state index contributed by atoms with van der Waals surface area (Å²) in [5.74, 6) is 0.644. The molecule has 0 aliphatic heterocycles. The Morgan fingerprint density at radius 1 is 1.40 bits per heavy atom. The van der Waals surface area contributed by atoms with Gasteiger partial charge >= 0.3 is 6.03 Å². The summed E-state index contributed by atoms with van der Waals surface area (Å²) in [6.07, 6.45) is 3.38. The lowest BCUT2D eigenvalue weighted by molar-refractivity contribution is 0.129. The number of fused-ring (bicyclic) bond motifs is 1. The average molecular weight is 344 g/mol. The van der Waals surface area contributed by atoms with Crippen LogP contribution in [0.5, 0.6) is 0 Å². The van der Waals surface area contributed by atoms with Crippen molar-refractivity contribution in [3.8, 4) is 0 Å². The number of aliphatic hydroxyl groups is 1. The van der Waals surface area contributed by atoms with Crippen molar-refractivity contribution in [3.05, 3.63) is 59.5 Å². The maximum Gasteiger partial charge on any atom is 0.318 e. The van der Waals surface area contributed by atoms with Gasteiger partial charge in [0.25, 0.3) is 0 Å². The summed E-state index contributed by atoms with van der Waals surface area (Å²) in [5.41, 5.74) is 2.43. The van der Waals surface area contributed by atoms with Crippen LogP contribution in [0.15, 0.2) is 47.1 Å². The fraction of sp³-hybridized carbons (Fsp3) is 0.421. The van der Waals surface area contributed by atoms with E-state index in [0.717, 1.165) is 18.4 Å². The number of ether oxygens (including phenoxy) is 1. The molecule has 1 aliphatic carbocycles. The van der Waals surface area contributed by atoms with Gasteiger partial charge in [0.2, 0.25) is 0 Å². The van der Waals surface area contributed by atoms with E-state index in [-0.39, 0.29) is 31.3 Å². The molecule has 2 aromatic rings. The average Bonchev–Trinajstić information content (AvgIpc) is 3.29. The van der Waals surface area contributed by atoms with Crippen molar-refractivity contribution in [1.29, 1.82) is 0 Å². The van der Waals surface area contributed by atoms with Crippen LogP contribution in [0, 0.1) is 0 Å². The highest BCUT2D eigenvalue weighted by molar-refractivity contribution is 5.75. The lowest BCUT2D eigenvalue weighted by atomic mass is 10.1. The number of hydrogen-bond acceptors (Lipinski definition) is 4. The number of benzene rings is 1. The summed E-state index contributed by atoms with van der Waals surface area (Å²) in [7, 11) is 1.58. The third-order valence-corrected chi connectivity index (χ3v) is 4.60. The number of urea groups is 1. The van der Waals surface area contributed by atoms with Gasteiger partial charge in [0.05, 0.1) is 25.5 Å². The highest BCUT2D eigenvalue weighted by Gasteiger charge is 2.31. The molecule has 0 radical (unpaired) electrons. The first-order chi connectivity index (χ1) is 12.2. The van der Waals surface area contributed by atoms with Crippen LogP contribution in [0.4, 0.5) is 4.79 Å². The molecule has 6 nitrogen and oxygen atoms in total. The lowest BCUT2D eigenvalue weighted by Gasteiger charge is -2.31. The molecule has 2 unspecified atom stereocenters. The zero-order valence-corrected chi connectivity index (χ0v) is 14.4. The van der Waals surface area contributed by atoms with E-state index >= 15 is 0 Å². The third-order valence-electron chi connectivity index (χ3n) is 4.60. The zero-order valence-electron chi connectivity index (χ0n) is 14.4. The number of nitrogens with zero attached hydrogens (tertiary/aromatic N) is 1. The Hall–Kier alpha value is -2.31. The first-order valence-electron chi connectivity index (χ1n) is 8.52. The monoisotopic (exact) mass is 344 g/mol. The van der Waals surface area contributed by atoms with E-state index in [1.54, 1.807) is 24.3 Å². The Labute approximate surface area is 147 Å². The van der Waals surface area contributed by atoms with Gasteiger partial charge in [-0.3, -0.25) is 0 Å². The van der Waals surface area contributed by atoms with Gasteiger partial charge in [-0.25, -0.2) is 4.79 Å². The number of nitrogens with one attached hydrogen (secondary N) is 1. The predicted molar refractivity (Wildman–Crippen MR) is 93.2 cm³/mol. The number of furan rings is 1. The van der Waals surface area contributed by atoms with Crippen molar-refractivity contribution >= 4 is 6.03 Å². The van der Waals surface area contributed by atoms with Crippen molar-refractivity contribution in [3.63, 3.8) is 0 Å². The quantitative estimate of drug-likeness (QED) is 0.810. The molecule has 2 N–H and O–H groups in total. The van der Waals surface area contributed by atoms with Crippen LogP contribution in [0.25, 0.3) is 0 Å². The second-order valence-corrected chi connectivity index (χ2v) is 6.14. The summed E-state index contributed by atoms with van der Waals surface area (Å²) in [6.45, 7) is 0.512. The highest BCUT2D eigenvalue weighted by atomic mass is 16.5. The van der Waals surface area contributed by atoms with Gasteiger partial charge in [0.1, 0.15) is 11.8 Å². The molecule has 0 fully saturated rings. The van der Waals surface area contributed by atoms with E-state index in [1.165, 1.54) is 5.56 Å². The first-order valence-corrected chi connectivity index (χ1v) is 8.52. The van der Waals surface area contributed by atoms with E-state index in [9.17, 15) is 9.90 Å². The van der Waals surface area contributed by atoms with E-state index in [2.05, 4.69) is 17.4 Å². The van der Waals surface area contributed by atoms with Gasteiger partial charge in [-0.05, 0) is 36.1 Å². The van der Waals surface area contributed by atoms with Crippen LogP contribution in [0.2, 0.25) is 0 Å². The Bertz CT molecular complexity index is 686. The SMILES string of the molecule is COCC(NC(=O)N(CCO)C1CCc2ccccc21)c1ccco1. The van der Waals surface area contributed by atoms with Crippen molar-refractivity contribution in [1.82, 2.24) is 10.2 Å². The Kier molecular flexibility index (Phi) is 5.73. The summed E-state index contributed by atoms with van der Waals surface area (Å²) in [4.78, 5) is 14.6. The zero-order chi connectivity index (χ0) is 17.6. The Balaban J connectivity index is 1.77. The fourth-order valence-electron chi connectivity index (χ4n) is 3.45. The lowest BCUT2D eigenvalue weighted by Crippen LogP contribution is -2.45. The van der Waals surface area contributed by atoms with Gasteiger partial charge in [-0.15, -0.1) is 0 Å². The number of carbonyl (C=O) groups is 1. The van der Waals surface area contributed by atoms with Crippen LogP contribution in [0.3, 0.4) is 0 Å².